The van der Waals surface area contributed by atoms with E-state index in [0.717, 1.165) is 56.3 Å². The van der Waals surface area contributed by atoms with Gasteiger partial charge in [0.05, 0.1) is 24.9 Å². The van der Waals surface area contributed by atoms with Crippen LogP contribution in [0.5, 0.6) is 11.5 Å². The highest BCUT2D eigenvalue weighted by Gasteiger charge is 2.38. The number of alkyl halides is 3. The van der Waals surface area contributed by atoms with Crippen LogP contribution >= 0.6 is 0 Å². The van der Waals surface area contributed by atoms with Crippen LogP contribution in [-0.4, -0.2) is 49.6 Å². The summed E-state index contributed by atoms with van der Waals surface area (Å²) in [7, 11) is 1.60. The molecule has 0 N–H and O–H groups in total. The summed E-state index contributed by atoms with van der Waals surface area (Å²) < 4.78 is 62.0. The van der Waals surface area contributed by atoms with Crippen molar-refractivity contribution in [2.24, 2.45) is 0 Å². The summed E-state index contributed by atoms with van der Waals surface area (Å²) in [5.41, 5.74) is 1.77. The van der Waals surface area contributed by atoms with Gasteiger partial charge in [0.1, 0.15) is 0 Å². The van der Waals surface area contributed by atoms with E-state index in [1.165, 1.54) is 0 Å². The molecule has 31 heavy (non-hydrogen) atoms. The zero-order chi connectivity index (χ0) is 22.8. The molecule has 2 heterocycles. The Labute approximate surface area is 181 Å². The minimum Gasteiger partial charge on any atom is -0.493 e. The van der Waals surface area contributed by atoms with E-state index in [0.29, 0.717) is 17.9 Å². The Kier molecular flexibility index (Phi) is 7.73. The molecular formula is C23H33F4NO3. The van der Waals surface area contributed by atoms with Crippen molar-refractivity contribution in [1.29, 1.82) is 0 Å². The molecule has 1 aromatic rings. The van der Waals surface area contributed by atoms with E-state index in [9.17, 15) is 13.2 Å². The molecule has 1 saturated carbocycles. The first kappa shape index (κ1) is 24.1. The Morgan fingerprint density at radius 3 is 2.29 bits per heavy atom. The third kappa shape index (κ3) is 6.04. The van der Waals surface area contributed by atoms with Gasteiger partial charge in [-0.15, -0.1) is 0 Å². The SMILES string of the molecule is COc1cc2c(c(F)c1OC1CCC1)CCN1CC(OC(C)(C)C)CCC21.FC(F)F. The molecule has 0 bridgehead atoms. The number of ether oxygens (including phenoxy) is 3. The fourth-order valence-corrected chi connectivity index (χ4v) is 4.59. The van der Waals surface area contributed by atoms with Crippen LogP contribution in [0.25, 0.3) is 0 Å². The zero-order valence-electron chi connectivity index (χ0n) is 18.7. The molecule has 1 aliphatic carbocycles. The number of methoxy groups -OCH3 is 1. The summed E-state index contributed by atoms with van der Waals surface area (Å²) in [5.74, 6) is 0.649. The Hall–Kier alpha value is -1.54. The monoisotopic (exact) mass is 447 g/mol. The van der Waals surface area contributed by atoms with Crippen molar-refractivity contribution in [2.45, 2.75) is 89.8 Å². The first-order chi connectivity index (χ1) is 14.6. The van der Waals surface area contributed by atoms with Crippen molar-refractivity contribution in [1.82, 2.24) is 4.90 Å². The van der Waals surface area contributed by atoms with Gasteiger partial charge in [0, 0.05) is 19.1 Å². The molecule has 1 saturated heterocycles. The molecular weight excluding hydrogens is 414 g/mol. The molecule has 0 spiro atoms. The molecule has 4 nitrogen and oxygen atoms in total. The van der Waals surface area contributed by atoms with Gasteiger partial charge in [-0.2, -0.15) is 13.2 Å². The third-order valence-corrected chi connectivity index (χ3v) is 6.05. The van der Waals surface area contributed by atoms with Gasteiger partial charge in [-0.05, 0) is 76.5 Å². The van der Waals surface area contributed by atoms with Crippen LogP contribution in [-0.2, 0) is 11.2 Å². The van der Waals surface area contributed by atoms with Crippen LogP contribution in [0.1, 0.15) is 70.0 Å². The topological polar surface area (TPSA) is 30.9 Å². The number of benzene rings is 1. The van der Waals surface area contributed by atoms with Crippen molar-refractivity contribution < 1.29 is 31.8 Å². The summed E-state index contributed by atoms with van der Waals surface area (Å²) >= 11 is 0. The lowest BCUT2D eigenvalue weighted by molar-refractivity contribution is -0.0972. The Morgan fingerprint density at radius 1 is 1.06 bits per heavy atom. The van der Waals surface area contributed by atoms with Crippen molar-refractivity contribution in [3.05, 3.63) is 23.0 Å². The lowest BCUT2D eigenvalue weighted by Gasteiger charge is -2.45. The number of fused-ring (bicyclic) bond motifs is 3. The molecule has 3 aliphatic rings. The fourth-order valence-electron chi connectivity index (χ4n) is 4.59. The van der Waals surface area contributed by atoms with Gasteiger partial charge in [0.2, 0.25) is 0 Å². The lowest BCUT2D eigenvalue weighted by atomic mass is 9.85. The van der Waals surface area contributed by atoms with Gasteiger partial charge in [-0.3, -0.25) is 4.90 Å². The highest BCUT2D eigenvalue weighted by Crippen LogP contribution is 2.45. The second-order valence-electron chi connectivity index (χ2n) is 9.40. The van der Waals surface area contributed by atoms with Gasteiger partial charge in [0.15, 0.2) is 17.3 Å². The van der Waals surface area contributed by atoms with Gasteiger partial charge in [0.25, 0.3) is 0 Å². The molecule has 1 aromatic carbocycles. The van der Waals surface area contributed by atoms with Crippen molar-refractivity contribution in [3.8, 4) is 11.5 Å². The van der Waals surface area contributed by atoms with Gasteiger partial charge in [-0.25, -0.2) is 4.39 Å². The molecule has 2 aliphatic heterocycles. The van der Waals surface area contributed by atoms with Crippen molar-refractivity contribution >= 4 is 0 Å². The van der Waals surface area contributed by atoms with E-state index in [4.69, 9.17) is 14.2 Å². The lowest BCUT2D eigenvalue weighted by Crippen LogP contribution is -2.47. The molecule has 2 atom stereocenters. The summed E-state index contributed by atoms with van der Waals surface area (Å²) in [6.45, 7) is 4.43. The molecule has 2 fully saturated rings. The predicted octanol–water partition coefficient (Wildman–Crippen LogP) is 5.82. The first-order valence-corrected chi connectivity index (χ1v) is 11.0. The molecule has 8 heteroatoms. The highest BCUT2D eigenvalue weighted by atomic mass is 19.4. The van der Waals surface area contributed by atoms with Crippen molar-refractivity contribution in [3.63, 3.8) is 0 Å². The Balaban J connectivity index is 0.000000628. The molecule has 0 amide bonds. The second kappa shape index (κ2) is 9.94. The van der Waals surface area contributed by atoms with E-state index >= 15 is 4.39 Å². The smallest absolute Gasteiger partial charge is 0.379 e. The number of hydrogen-bond acceptors (Lipinski definition) is 4. The Bertz CT molecular complexity index is 747. The van der Waals surface area contributed by atoms with Gasteiger partial charge < -0.3 is 14.2 Å². The second-order valence-corrected chi connectivity index (χ2v) is 9.40. The van der Waals surface area contributed by atoms with E-state index in [-0.39, 0.29) is 29.7 Å². The molecule has 2 unspecified atom stereocenters. The largest absolute Gasteiger partial charge is 0.493 e. The minimum absolute atomic E-state index is 0.131. The van der Waals surface area contributed by atoms with E-state index in [2.05, 4.69) is 25.7 Å². The minimum atomic E-state index is -3.67. The van der Waals surface area contributed by atoms with Crippen LogP contribution < -0.4 is 9.47 Å². The van der Waals surface area contributed by atoms with Gasteiger partial charge in [-0.1, -0.05) is 0 Å². The first-order valence-electron chi connectivity index (χ1n) is 11.0. The zero-order valence-corrected chi connectivity index (χ0v) is 18.7. The van der Waals surface area contributed by atoms with Crippen LogP contribution in [0.3, 0.4) is 0 Å². The van der Waals surface area contributed by atoms with Crippen LogP contribution in [0.2, 0.25) is 0 Å². The quantitative estimate of drug-likeness (QED) is 0.544. The maximum absolute atomic E-state index is 15.3. The fraction of sp³-hybridized carbons (Fsp3) is 0.739. The highest BCUT2D eigenvalue weighted by molar-refractivity contribution is 5.51. The van der Waals surface area contributed by atoms with Crippen LogP contribution in [0.15, 0.2) is 6.07 Å². The molecule has 176 valence electrons. The van der Waals surface area contributed by atoms with E-state index in [1.54, 1.807) is 7.11 Å². The maximum atomic E-state index is 15.3. The summed E-state index contributed by atoms with van der Waals surface area (Å²) in [6.07, 6.45) is 6.25. The normalized spacial score (nSPS) is 23.9. The summed E-state index contributed by atoms with van der Waals surface area (Å²) in [5, 5.41) is 0. The van der Waals surface area contributed by atoms with Crippen LogP contribution in [0.4, 0.5) is 17.6 Å². The number of piperidine rings is 1. The van der Waals surface area contributed by atoms with Crippen LogP contribution in [0, 0.1) is 5.82 Å². The van der Waals surface area contributed by atoms with Gasteiger partial charge >= 0.3 is 6.68 Å². The molecule has 4 rings (SSSR count). The molecule has 0 aromatic heterocycles. The summed E-state index contributed by atoms with van der Waals surface area (Å²) in [4.78, 5) is 2.45. The average Bonchev–Trinajstić information content (AvgIpc) is 2.63. The third-order valence-electron chi connectivity index (χ3n) is 6.05. The number of rotatable bonds is 4. The standard InChI is InChI=1S/C22H32FNO3.CHF3/c1-22(2,3)27-15-8-9-18-17-12-19(25-4)21(26-14-6-5-7-14)20(23)16(17)10-11-24(18)13-15;2-1(3)4/h12,14-15,18H,5-11,13H2,1-4H3;1H. The van der Waals surface area contributed by atoms with E-state index in [1.807, 2.05) is 6.07 Å². The van der Waals surface area contributed by atoms with Crippen molar-refractivity contribution in [2.75, 3.05) is 20.2 Å². The molecule has 0 radical (unpaired) electrons. The average molecular weight is 448 g/mol. The summed E-state index contributed by atoms with van der Waals surface area (Å²) in [6, 6.07) is 2.27. The number of halogens is 4. The number of nitrogens with zero attached hydrogens (tertiary/aromatic N) is 1. The maximum Gasteiger partial charge on any atom is 0.379 e. The Morgan fingerprint density at radius 2 is 1.74 bits per heavy atom. The number of hydrogen-bond donors (Lipinski definition) is 0. The predicted molar refractivity (Wildman–Crippen MR) is 110 cm³/mol. The van der Waals surface area contributed by atoms with E-state index < -0.39 is 6.68 Å².